The quantitative estimate of drug-likeness (QED) is 0.516. The average Bonchev–Trinajstić information content (AvgIpc) is 2.82. The first-order valence-corrected chi connectivity index (χ1v) is 6.21. The molecule has 0 aliphatic heterocycles. The normalized spacial score (nSPS) is 10.7. The van der Waals surface area contributed by atoms with Crippen molar-refractivity contribution in [3.8, 4) is 11.1 Å². The van der Waals surface area contributed by atoms with Crippen molar-refractivity contribution in [2.75, 3.05) is 0 Å². The van der Waals surface area contributed by atoms with Crippen LogP contribution in [0.1, 0.15) is 0 Å². The summed E-state index contributed by atoms with van der Waals surface area (Å²) in [6, 6.07) is 10.5. The minimum Gasteiger partial charge on any atom is -0.258 e. The van der Waals surface area contributed by atoms with E-state index < -0.39 is 4.92 Å². The van der Waals surface area contributed by atoms with Gasteiger partial charge in [0.25, 0.3) is 5.69 Å². The zero-order chi connectivity index (χ0) is 12.5. The molecule has 3 aromatic rings. The molecule has 5 heteroatoms. The van der Waals surface area contributed by atoms with Gasteiger partial charge >= 0.3 is 0 Å². The Labute approximate surface area is 107 Å². The van der Waals surface area contributed by atoms with Gasteiger partial charge in [0, 0.05) is 34.7 Å². The van der Waals surface area contributed by atoms with E-state index in [-0.39, 0.29) is 5.69 Å². The Hall–Kier alpha value is -2.27. The van der Waals surface area contributed by atoms with E-state index in [0.717, 1.165) is 21.3 Å². The second-order valence-electron chi connectivity index (χ2n) is 3.81. The van der Waals surface area contributed by atoms with E-state index in [4.69, 9.17) is 0 Å². The fraction of sp³-hybridized carbons (Fsp3) is 0. The van der Waals surface area contributed by atoms with Crippen molar-refractivity contribution in [3.63, 3.8) is 0 Å². The Kier molecular flexibility index (Phi) is 2.53. The first-order chi connectivity index (χ1) is 8.75. The summed E-state index contributed by atoms with van der Waals surface area (Å²) < 4.78 is 0. The smallest absolute Gasteiger partial charge is 0.258 e. The molecule has 1 aromatic carbocycles. The molecule has 0 atom stereocenters. The molecule has 0 unspecified atom stereocenters. The predicted molar refractivity (Wildman–Crippen MR) is 71.7 cm³/mol. The highest BCUT2D eigenvalue weighted by molar-refractivity contribution is 7.17. The standard InChI is InChI=1S/C13H8N2O2S/c16-15(17)10-5-3-9(4-6-10)12-8-18-13-11(12)2-1-7-14-13/h1-8H. The van der Waals surface area contributed by atoms with Crippen LogP contribution in [0.5, 0.6) is 0 Å². The molecular formula is C13H8N2O2S. The van der Waals surface area contributed by atoms with Crippen molar-refractivity contribution in [2.45, 2.75) is 0 Å². The van der Waals surface area contributed by atoms with Gasteiger partial charge in [0.05, 0.1) is 4.92 Å². The van der Waals surface area contributed by atoms with E-state index in [1.54, 1.807) is 29.7 Å². The second-order valence-corrected chi connectivity index (χ2v) is 4.67. The number of pyridine rings is 1. The number of benzene rings is 1. The third-order valence-corrected chi connectivity index (χ3v) is 3.64. The summed E-state index contributed by atoms with van der Waals surface area (Å²) in [5.41, 5.74) is 2.15. The maximum atomic E-state index is 10.6. The van der Waals surface area contributed by atoms with Crippen molar-refractivity contribution in [3.05, 3.63) is 58.1 Å². The molecule has 0 aliphatic rings. The molecule has 2 heterocycles. The Morgan fingerprint density at radius 2 is 1.94 bits per heavy atom. The number of nitro groups is 1. The van der Waals surface area contributed by atoms with Crippen molar-refractivity contribution in [1.82, 2.24) is 4.98 Å². The van der Waals surface area contributed by atoms with E-state index in [1.165, 1.54) is 12.1 Å². The predicted octanol–water partition coefficient (Wildman–Crippen LogP) is 3.87. The van der Waals surface area contributed by atoms with Crippen LogP contribution in [0.15, 0.2) is 48.0 Å². The lowest BCUT2D eigenvalue weighted by Gasteiger charge is -1.99. The summed E-state index contributed by atoms with van der Waals surface area (Å²) in [6.45, 7) is 0. The van der Waals surface area contributed by atoms with Crippen LogP contribution in [-0.2, 0) is 0 Å². The minimum absolute atomic E-state index is 0.108. The third kappa shape index (κ3) is 1.74. The molecule has 88 valence electrons. The van der Waals surface area contributed by atoms with Crippen molar-refractivity contribution in [2.24, 2.45) is 0 Å². The monoisotopic (exact) mass is 256 g/mol. The highest BCUT2D eigenvalue weighted by Gasteiger charge is 2.09. The first kappa shape index (κ1) is 10.9. The molecule has 3 rings (SSSR count). The van der Waals surface area contributed by atoms with E-state index in [1.807, 2.05) is 17.5 Å². The van der Waals surface area contributed by atoms with Crippen LogP contribution in [0.2, 0.25) is 0 Å². The largest absolute Gasteiger partial charge is 0.269 e. The van der Waals surface area contributed by atoms with Gasteiger partial charge < -0.3 is 0 Å². The molecule has 0 aliphatic carbocycles. The van der Waals surface area contributed by atoms with Gasteiger partial charge in [-0.05, 0) is 29.8 Å². The molecule has 18 heavy (non-hydrogen) atoms. The van der Waals surface area contributed by atoms with Crippen molar-refractivity contribution in [1.29, 1.82) is 0 Å². The molecule has 4 nitrogen and oxygen atoms in total. The fourth-order valence-electron chi connectivity index (χ4n) is 1.85. The number of nitrogens with zero attached hydrogens (tertiary/aromatic N) is 2. The summed E-state index contributed by atoms with van der Waals surface area (Å²) in [5, 5.41) is 13.7. The molecule has 0 fully saturated rings. The Morgan fingerprint density at radius 1 is 1.17 bits per heavy atom. The van der Waals surface area contributed by atoms with Crippen LogP contribution in [0, 0.1) is 10.1 Å². The number of non-ortho nitro benzene ring substituents is 1. The summed E-state index contributed by atoms with van der Waals surface area (Å²) in [4.78, 5) is 15.5. The zero-order valence-corrected chi connectivity index (χ0v) is 10.1. The van der Waals surface area contributed by atoms with E-state index in [0.29, 0.717) is 0 Å². The number of aromatic nitrogens is 1. The molecule has 0 bridgehead atoms. The number of rotatable bonds is 2. The minimum atomic E-state index is -0.392. The van der Waals surface area contributed by atoms with Gasteiger partial charge in [-0.3, -0.25) is 10.1 Å². The maximum absolute atomic E-state index is 10.6. The summed E-state index contributed by atoms with van der Waals surface area (Å²) in [5.74, 6) is 0. The summed E-state index contributed by atoms with van der Waals surface area (Å²) >= 11 is 1.57. The van der Waals surface area contributed by atoms with E-state index >= 15 is 0 Å². The highest BCUT2D eigenvalue weighted by Crippen LogP contribution is 2.33. The van der Waals surface area contributed by atoms with Crippen LogP contribution in [0.25, 0.3) is 21.3 Å². The van der Waals surface area contributed by atoms with Gasteiger partial charge in [0.1, 0.15) is 4.83 Å². The SMILES string of the molecule is O=[N+]([O-])c1ccc(-c2csc3ncccc23)cc1. The van der Waals surface area contributed by atoms with Gasteiger partial charge in [-0.2, -0.15) is 0 Å². The second kappa shape index (κ2) is 4.19. The van der Waals surface area contributed by atoms with Gasteiger partial charge in [0.2, 0.25) is 0 Å². The van der Waals surface area contributed by atoms with Crippen molar-refractivity contribution >= 4 is 27.2 Å². The lowest BCUT2D eigenvalue weighted by atomic mass is 10.1. The van der Waals surface area contributed by atoms with Crippen LogP contribution < -0.4 is 0 Å². The Bertz CT molecular complexity index is 719. The molecule has 0 N–H and O–H groups in total. The molecule has 0 spiro atoms. The van der Waals surface area contributed by atoms with Crippen LogP contribution in [0.3, 0.4) is 0 Å². The van der Waals surface area contributed by atoms with Gasteiger partial charge in [-0.1, -0.05) is 0 Å². The first-order valence-electron chi connectivity index (χ1n) is 5.33. The van der Waals surface area contributed by atoms with Crippen LogP contribution >= 0.6 is 11.3 Å². The summed E-state index contributed by atoms with van der Waals surface area (Å²) in [7, 11) is 0. The molecule has 2 aromatic heterocycles. The summed E-state index contributed by atoms with van der Waals surface area (Å²) in [6.07, 6.45) is 1.76. The van der Waals surface area contributed by atoms with Gasteiger partial charge in [-0.25, -0.2) is 4.98 Å². The topological polar surface area (TPSA) is 56.0 Å². The number of hydrogen-bond acceptors (Lipinski definition) is 4. The molecule has 0 saturated heterocycles. The van der Waals surface area contributed by atoms with E-state index in [2.05, 4.69) is 4.98 Å². The van der Waals surface area contributed by atoms with Crippen LogP contribution in [0.4, 0.5) is 5.69 Å². The number of thiophene rings is 1. The Balaban J connectivity index is 2.12. The lowest BCUT2D eigenvalue weighted by molar-refractivity contribution is -0.384. The van der Waals surface area contributed by atoms with Gasteiger partial charge in [0.15, 0.2) is 0 Å². The number of nitro benzene ring substituents is 1. The zero-order valence-electron chi connectivity index (χ0n) is 9.24. The average molecular weight is 256 g/mol. The Morgan fingerprint density at radius 3 is 2.67 bits per heavy atom. The molecule has 0 saturated carbocycles. The molecule has 0 radical (unpaired) electrons. The maximum Gasteiger partial charge on any atom is 0.269 e. The number of hydrogen-bond donors (Lipinski definition) is 0. The lowest BCUT2D eigenvalue weighted by Crippen LogP contribution is -1.86. The highest BCUT2D eigenvalue weighted by atomic mass is 32.1. The van der Waals surface area contributed by atoms with Crippen LogP contribution in [-0.4, -0.2) is 9.91 Å². The fourth-order valence-corrected chi connectivity index (χ4v) is 2.77. The van der Waals surface area contributed by atoms with Crippen molar-refractivity contribution < 1.29 is 4.92 Å². The third-order valence-electron chi connectivity index (χ3n) is 2.74. The van der Waals surface area contributed by atoms with E-state index in [9.17, 15) is 10.1 Å². The molecule has 0 amide bonds. The number of fused-ring (bicyclic) bond motifs is 1. The molecular weight excluding hydrogens is 248 g/mol. The van der Waals surface area contributed by atoms with Gasteiger partial charge in [-0.15, -0.1) is 11.3 Å².